The maximum atomic E-state index is 12.7. The van der Waals surface area contributed by atoms with E-state index < -0.39 is 9.84 Å². The SMILES string of the molecule is CC(=O)N1CCN(c2ccnc(C(=O)N(C)C3CCS(=O)(=O)C3)c2)CC1. The van der Waals surface area contributed by atoms with E-state index in [1.807, 2.05) is 6.07 Å². The maximum Gasteiger partial charge on any atom is 0.272 e. The quantitative estimate of drug-likeness (QED) is 0.734. The van der Waals surface area contributed by atoms with Gasteiger partial charge in [-0.1, -0.05) is 0 Å². The molecule has 3 rings (SSSR count). The molecule has 0 aromatic carbocycles. The number of nitrogens with zero attached hydrogens (tertiary/aromatic N) is 4. The van der Waals surface area contributed by atoms with E-state index in [1.165, 1.54) is 4.90 Å². The van der Waals surface area contributed by atoms with Crippen molar-refractivity contribution < 1.29 is 18.0 Å². The molecule has 0 bridgehead atoms. The van der Waals surface area contributed by atoms with Crippen LogP contribution in [0.4, 0.5) is 5.69 Å². The highest BCUT2D eigenvalue weighted by Crippen LogP contribution is 2.21. The Morgan fingerprint density at radius 2 is 1.92 bits per heavy atom. The van der Waals surface area contributed by atoms with Gasteiger partial charge in [-0.3, -0.25) is 14.6 Å². The van der Waals surface area contributed by atoms with Gasteiger partial charge >= 0.3 is 0 Å². The molecular weight excluding hydrogens is 356 g/mol. The van der Waals surface area contributed by atoms with E-state index in [2.05, 4.69) is 9.88 Å². The predicted molar refractivity (Wildman–Crippen MR) is 97.9 cm³/mol. The van der Waals surface area contributed by atoms with Crippen LogP contribution in [0.15, 0.2) is 18.3 Å². The van der Waals surface area contributed by atoms with Crippen molar-refractivity contribution in [3.63, 3.8) is 0 Å². The molecule has 0 radical (unpaired) electrons. The van der Waals surface area contributed by atoms with Gasteiger partial charge in [-0.15, -0.1) is 0 Å². The molecule has 1 aromatic heterocycles. The zero-order chi connectivity index (χ0) is 18.9. The van der Waals surface area contributed by atoms with Gasteiger partial charge in [0, 0.05) is 58.1 Å². The first kappa shape index (κ1) is 18.6. The van der Waals surface area contributed by atoms with Crippen molar-refractivity contribution in [2.75, 3.05) is 49.6 Å². The Bertz CT molecular complexity index is 803. The molecule has 2 amide bonds. The van der Waals surface area contributed by atoms with Crippen molar-refractivity contribution in [2.24, 2.45) is 0 Å². The van der Waals surface area contributed by atoms with Gasteiger partial charge in [-0.25, -0.2) is 8.42 Å². The fourth-order valence-electron chi connectivity index (χ4n) is 3.44. The minimum atomic E-state index is -3.05. The van der Waals surface area contributed by atoms with Gasteiger partial charge < -0.3 is 14.7 Å². The van der Waals surface area contributed by atoms with E-state index in [0.29, 0.717) is 38.3 Å². The molecule has 1 unspecified atom stereocenters. The van der Waals surface area contributed by atoms with Crippen molar-refractivity contribution in [1.82, 2.24) is 14.8 Å². The fourth-order valence-corrected chi connectivity index (χ4v) is 5.21. The van der Waals surface area contributed by atoms with Gasteiger partial charge in [-0.2, -0.15) is 0 Å². The molecule has 1 atom stereocenters. The summed E-state index contributed by atoms with van der Waals surface area (Å²) < 4.78 is 23.3. The molecule has 9 heteroatoms. The molecule has 0 aliphatic carbocycles. The number of aromatic nitrogens is 1. The van der Waals surface area contributed by atoms with Crippen molar-refractivity contribution in [2.45, 2.75) is 19.4 Å². The van der Waals surface area contributed by atoms with Gasteiger partial charge in [0.15, 0.2) is 9.84 Å². The lowest BCUT2D eigenvalue weighted by molar-refractivity contribution is -0.129. The van der Waals surface area contributed by atoms with Crippen LogP contribution in [0, 0.1) is 0 Å². The zero-order valence-corrected chi connectivity index (χ0v) is 15.9. The van der Waals surface area contributed by atoms with E-state index in [9.17, 15) is 18.0 Å². The Morgan fingerprint density at radius 1 is 1.23 bits per heavy atom. The molecular formula is C17H24N4O4S. The van der Waals surface area contributed by atoms with Crippen LogP contribution < -0.4 is 4.90 Å². The third-order valence-corrected chi connectivity index (χ3v) is 6.88. The van der Waals surface area contributed by atoms with Crippen LogP contribution in [0.1, 0.15) is 23.8 Å². The van der Waals surface area contributed by atoms with E-state index >= 15 is 0 Å². The highest BCUT2D eigenvalue weighted by molar-refractivity contribution is 7.91. The molecule has 8 nitrogen and oxygen atoms in total. The molecule has 26 heavy (non-hydrogen) atoms. The molecule has 142 valence electrons. The number of pyridine rings is 1. The number of piperazine rings is 1. The Labute approximate surface area is 153 Å². The predicted octanol–water partition coefficient (Wildman–Crippen LogP) is 0.00920. The first-order valence-corrected chi connectivity index (χ1v) is 10.5. The molecule has 0 saturated carbocycles. The van der Waals surface area contributed by atoms with Crippen LogP contribution in [-0.4, -0.2) is 85.8 Å². The maximum absolute atomic E-state index is 12.7. The third kappa shape index (κ3) is 3.98. The number of rotatable bonds is 3. The first-order chi connectivity index (χ1) is 12.3. The van der Waals surface area contributed by atoms with Gasteiger partial charge in [0.25, 0.3) is 5.91 Å². The average Bonchev–Trinajstić information content (AvgIpc) is 3.00. The topological polar surface area (TPSA) is 90.9 Å². The van der Waals surface area contributed by atoms with E-state index in [0.717, 1.165) is 5.69 Å². The summed E-state index contributed by atoms with van der Waals surface area (Å²) in [5, 5.41) is 0. The molecule has 0 N–H and O–H groups in total. The minimum absolute atomic E-state index is 0.0158. The Balaban J connectivity index is 1.69. The van der Waals surface area contributed by atoms with Crippen LogP contribution in [0.2, 0.25) is 0 Å². The summed E-state index contributed by atoms with van der Waals surface area (Å²) in [6.45, 7) is 4.28. The number of carbonyl (C=O) groups excluding carboxylic acids is 2. The monoisotopic (exact) mass is 380 g/mol. The number of anilines is 1. The summed E-state index contributed by atoms with van der Waals surface area (Å²) in [6.07, 6.45) is 2.07. The summed E-state index contributed by atoms with van der Waals surface area (Å²) in [6, 6.07) is 3.29. The lowest BCUT2D eigenvalue weighted by atomic mass is 10.2. The van der Waals surface area contributed by atoms with Crippen molar-refractivity contribution >= 4 is 27.3 Å². The highest BCUT2D eigenvalue weighted by Gasteiger charge is 2.33. The molecule has 2 aliphatic rings. The van der Waals surface area contributed by atoms with Crippen LogP contribution >= 0.6 is 0 Å². The van der Waals surface area contributed by atoms with Crippen LogP contribution in [0.25, 0.3) is 0 Å². The molecule has 2 fully saturated rings. The molecule has 0 spiro atoms. The number of carbonyl (C=O) groups is 2. The molecule has 2 saturated heterocycles. The Hall–Kier alpha value is -2.16. The normalized spacial score (nSPS) is 22.3. The molecule has 1 aromatic rings. The van der Waals surface area contributed by atoms with Gasteiger partial charge in [-0.05, 0) is 18.6 Å². The first-order valence-electron chi connectivity index (χ1n) is 8.71. The number of amides is 2. The second-order valence-corrected chi connectivity index (χ2v) is 9.09. The van der Waals surface area contributed by atoms with Gasteiger partial charge in [0.05, 0.1) is 11.5 Å². The van der Waals surface area contributed by atoms with Crippen LogP contribution in [-0.2, 0) is 14.6 Å². The van der Waals surface area contributed by atoms with E-state index in [1.54, 1.807) is 31.1 Å². The highest BCUT2D eigenvalue weighted by atomic mass is 32.2. The second-order valence-electron chi connectivity index (χ2n) is 6.87. The summed E-state index contributed by atoms with van der Waals surface area (Å²) in [5.41, 5.74) is 1.20. The fraction of sp³-hybridized carbons (Fsp3) is 0.588. The average molecular weight is 380 g/mol. The minimum Gasteiger partial charge on any atom is -0.368 e. The lowest BCUT2D eigenvalue weighted by Crippen LogP contribution is -2.48. The number of sulfone groups is 1. The number of hydrogen-bond donors (Lipinski definition) is 0. The van der Waals surface area contributed by atoms with E-state index in [4.69, 9.17) is 0 Å². The van der Waals surface area contributed by atoms with Crippen LogP contribution in [0.5, 0.6) is 0 Å². The Morgan fingerprint density at radius 3 is 2.50 bits per heavy atom. The van der Waals surface area contributed by atoms with Crippen LogP contribution in [0.3, 0.4) is 0 Å². The summed E-state index contributed by atoms with van der Waals surface area (Å²) in [4.78, 5) is 33.7. The smallest absolute Gasteiger partial charge is 0.272 e. The molecule has 3 heterocycles. The summed E-state index contributed by atoms with van der Waals surface area (Å²) in [5.74, 6) is -0.0507. The van der Waals surface area contributed by atoms with Crippen molar-refractivity contribution in [3.8, 4) is 0 Å². The third-order valence-electron chi connectivity index (χ3n) is 5.13. The zero-order valence-electron chi connectivity index (χ0n) is 15.1. The summed E-state index contributed by atoms with van der Waals surface area (Å²) in [7, 11) is -1.42. The Kier molecular flexibility index (Phi) is 5.17. The van der Waals surface area contributed by atoms with E-state index in [-0.39, 0.29) is 29.4 Å². The molecule has 2 aliphatic heterocycles. The summed E-state index contributed by atoms with van der Waals surface area (Å²) >= 11 is 0. The van der Waals surface area contributed by atoms with Crippen molar-refractivity contribution in [3.05, 3.63) is 24.0 Å². The van der Waals surface area contributed by atoms with Gasteiger partial charge in [0.1, 0.15) is 5.69 Å². The van der Waals surface area contributed by atoms with Gasteiger partial charge in [0.2, 0.25) is 5.91 Å². The second kappa shape index (κ2) is 7.22. The standard InChI is InChI=1S/C17H24N4O4S/c1-13(22)20-6-8-21(9-7-20)14-3-5-18-16(11-14)17(23)19(2)15-4-10-26(24,25)12-15/h3,5,11,15H,4,6-10,12H2,1-2H3. The lowest BCUT2D eigenvalue weighted by Gasteiger charge is -2.35. The van der Waals surface area contributed by atoms with Crippen molar-refractivity contribution in [1.29, 1.82) is 0 Å². The number of hydrogen-bond acceptors (Lipinski definition) is 6. The largest absolute Gasteiger partial charge is 0.368 e.